The van der Waals surface area contributed by atoms with Crippen molar-refractivity contribution in [1.29, 1.82) is 0 Å². The molecule has 0 spiro atoms. The third kappa shape index (κ3) is 6.39. The highest BCUT2D eigenvalue weighted by Gasteiger charge is 2.29. The van der Waals surface area contributed by atoms with Crippen molar-refractivity contribution in [3.63, 3.8) is 0 Å². The summed E-state index contributed by atoms with van der Waals surface area (Å²) in [6.45, 7) is 9.08. The molecule has 1 unspecified atom stereocenters. The number of aliphatic hydroxyl groups is 1. The first kappa shape index (κ1) is 26.5. The van der Waals surface area contributed by atoms with Crippen LogP contribution in [0, 0.1) is 0 Å². The van der Waals surface area contributed by atoms with Gasteiger partial charge in [-0.15, -0.1) is 0 Å². The average Bonchev–Trinajstić information content (AvgIpc) is 2.84. The van der Waals surface area contributed by atoms with E-state index in [1.807, 2.05) is 0 Å². The van der Waals surface area contributed by atoms with E-state index in [1.165, 1.54) is 19.3 Å². The molecule has 1 atom stereocenters. The molecule has 0 heterocycles. The number of ketones is 1. The summed E-state index contributed by atoms with van der Waals surface area (Å²) in [5.74, 6) is -1.32. The number of rotatable bonds is 15. The standard InChI is InChI=1S/C26H30O8/c1-5-11-32-18-15-20(19(7-3)26(29)30)24(23(16-18)33-12-6-2)25(28)17-8-9-21(31-4)22(14-17)34-13-10-27/h5-6,8-9,14-16,19,27H,1-2,7,10-13H2,3-4H3,(H,29,30). The number of aliphatic carboxylic acids is 1. The number of hydrogen-bond acceptors (Lipinski definition) is 7. The summed E-state index contributed by atoms with van der Waals surface area (Å²) in [5.41, 5.74) is 0.619. The molecule has 0 fully saturated rings. The van der Waals surface area contributed by atoms with Crippen LogP contribution in [0.5, 0.6) is 23.0 Å². The van der Waals surface area contributed by atoms with Crippen LogP contribution in [0.1, 0.15) is 40.7 Å². The van der Waals surface area contributed by atoms with E-state index in [0.29, 0.717) is 11.5 Å². The summed E-state index contributed by atoms with van der Waals surface area (Å²) < 4.78 is 22.2. The van der Waals surface area contributed by atoms with Gasteiger partial charge in [0, 0.05) is 11.6 Å². The molecular weight excluding hydrogens is 440 g/mol. The van der Waals surface area contributed by atoms with Crippen LogP contribution in [0.3, 0.4) is 0 Å². The van der Waals surface area contributed by atoms with Crippen molar-refractivity contribution in [2.75, 3.05) is 33.5 Å². The number of carboxylic acids is 1. The molecule has 0 aliphatic heterocycles. The Morgan fingerprint density at radius 2 is 1.71 bits per heavy atom. The van der Waals surface area contributed by atoms with Gasteiger partial charge in [-0.25, -0.2) is 0 Å². The summed E-state index contributed by atoms with van der Waals surface area (Å²) in [6.07, 6.45) is 3.32. The van der Waals surface area contributed by atoms with Crippen LogP contribution in [0.4, 0.5) is 0 Å². The molecule has 0 saturated heterocycles. The molecule has 0 aliphatic carbocycles. The topological polar surface area (TPSA) is 112 Å². The fraction of sp³-hybridized carbons (Fsp3) is 0.308. The second kappa shape index (κ2) is 13.1. The second-order valence-electron chi connectivity index (χ2n) is 7.15. The molecule has 0 amide bonds. The molecule has 2 N–H and O–H groups in total. The van der Waals surface area contributed by atoms with Gasteiger partial charge in [-0.3, -0.25) is 9.59 Å². The molecule has 2 rings (SSSR count). The van der Waals surface area contributed by atoms with E-state index < -0.39 is 17.7 Å². The van der Waals surface area contributed by atoms with Gasteiger partial charge >= 0.3 is 5.97 Å². The van der Waals surface area contributed by atoms with Gasteiger partial charge in [0.2, 0.25) is 0 Å². The van der Waals surface area contributed by atoms with Gasteiger partial charge in [0.05, 0.1) is 25.2 Å². The number of carboxylic acid groups (broad SMARTS) is 1. The monoisotopic (exact) mass is 470 g/mol. The Morgan fingerprint density at radius 3 is 2.29 bits per heavy atom. The molecule has 8 nitrogen and oxygen atoms in total. The number of ether oxygens (including phenoxy) is 4. The van der Waals surface area contributed by atoms with Crippen molar-refractivity contribution >= 4 is 11.8 Å². The van der Waals surface area contributed by atoms with Crippen LogP contribution in [0.15, 0.2) is 55.6 Å². The number of aliphatic hydroxyl groups excluding tert-OH is 1. The first-order valence-corrected chi connectivity index (χ1v) is 10.8. The van der Waals surface area contributed by atoms with Crippen molar-refractivity contribution < 1.29 is 38.7 Å². The van der Waals surface area contributed by atoms with Gasteiger partial charge in [-0.2, -0.15) is 0 Å². The average molecular weight is 471 g/mol. The second-order valence-corrected chi connectivity index (χ2v) is 7.15. The zero-order chi connectivity index (χ0) is 25.1. The Kier molecular flexibility index (Phi) is 10.2. The third-order valence-electron chi connectivity index (χ3n) is 4.91. The minimum atomic E-state index is -1.08. The van der Waals surface area contributed by atoms with Crippen molar-refractivity contribution in [2.24, 2.45) is 0 Å². The van der Waals surface area contributed by atoms with Crippen LogP contribution in [0.2, 0.25) is 0 Å². The van der Waals surface area contributed by atoms with Crippen molar-refractivity contribution in [2.45, 2.75) is 19.3 Å². The molecule has 2 aromatic rings. The van der Waals surface area contributed by atoms with Crippen LogP contribution < -0.4 is 18.9 Å². The molecule has 0 aliphatic rings. The lowest BCUT2D eigenvalue weighted by molar-refractivity contribution is -0.138. The summed E-state index contributed by atoms with van der Waals surface area (Å²) in [4.78, 5) is 25.8. The largest absolute Gasteiger partial charge is 0.493 e. The molecule has 0 radical (unpaired) electrons. The third-order valence-corrected chi connectivity index (χ3v) is 4.91. The zero-order valence-corrected chi connectivity index (χ0v) is 19.4. The smallest absolute Gasteiger partial charge is 0.310 e. The van der Waals surface area contributed by atoms with E-state index in [9.17, 15) is 14.7 Å². The number of benzene rings is 2. The van der Waals surface area contributed by atoms with E-state index in [-0.39, 0.29) is 61.0 Å². The van der Waals surface area contributed by atoms with E-state index in [1.54, 1.807) is 37.3 Å². The first-order valence-electron chi connectivity index (χ1n) is 10.8. The Hall–Kier alpha value is -3.78. The van der Waals surface area contributed by atoms with Gasteiger partial charge in [-0.1, -0.05) is 32.2 Å². The van der Waals surface area contributed by atoms with Crippen LogP contribution in [-0.2, 0) is 4.79 Å². The van der Waals surface area contributed by atoms with E-state index in [0.717, 1.165) is 0 Å². The SMILES string of the molecule is C=CCOc1cc(OCC=C)c(C(=O)c2ccc(OC)c(OCCO)c2)c(C(CC)C(=O)O)c1. The molecule has 0 aromatic heterocycles. The van der Waals surface area contributed by atoms with Gasteiger partial charge in [0.15, 0.2) is 17.3 Å². The summed E-state index contributed by atoms with van der Waals surface area (Å²) in [5, 5.41) is 19.0. The highest BCUT2D eigenvalue weighted by molar-refractivity contribution is 6.12. The maximum absolute atomic E-state index is 13.7. The number of carbonyl (C=O) groups is 2. The Labute approximate surface area is 199 Å². The molecule has 0 saturated carbocycles. The minimum absolute atomic E-state index is 0.0131. The van der Waals surface area contributed by atoms with Gasteiger partial charge in [0.25, 0.3) is 0 Å². The Morgan fingerprint density at radius 1 is 1.00 bits per heavy atom. The fourth-order valence-electron chi connectivity index (χ4n) is 3.39. The lowest BCUT2D eigenvalue weighted by Gasteiger charge is -2.20. The molecule has 182 valence electrons. The zero-order valence-electron chi connectivity index (χ0n) is 19.4. The molecule has 2 aromatic carbocycles. The van der Waals surface area contributed by atoms with Crippen molar-refractivity contribution in [3.8, 4) is 23.0 Å². The summed E-state index contributed by atoms with van der Waals surface area (Å²) in [6, 6.07) is 7.71. The predicted octanol–water partition coefficient (Wildman–Crippen LogP) is 4.01. The Bertz CT molecular complexity index is 1030. The lowest BCUT2D eigenvalue weighted by atomic mass is 9.87. The van der Waals surface area contributed by atoms with Crippen LogP contribution in [0.25, 0.3) is 0 Å². The highest BCUT2D eigenvalue weighted by Crippen LogP contribution is 2.38. The van der Waals surface area contributed by atoms with Gasteiger partial charge < -0.3 is 29.2 Å². The predicted molar refractivity (Wildman–Crippen MR) is 128 cm³/mol. The maximum atomic E-state index is 13.7. The molecular formula is C26H30O8. The molecule has 8 heteroatoms. The van der Waals surface area contributed by atoms with Crippen molar-refractivity contribution in [1.82, 2.24) is 0 Å². The summed E-state index contributed by atoms with van der Waals surface area (Å²) >= 11 is 0. The first-order chi connectivity index (χ1) is 16.4. The quantitative estimate of drug-likeness (QED) is 0.297. The number of hydrogen-bond donors (Lipinski definition) is 2. The minimum Gasteiger partial charge on any atom is -0.493 e. The highest BCUT2D eigenvalue weighted by atomic mass is 16.5. The van der Waals surface area contributed by atoms with Crippen molar-refractivity contribution in [3.05, 3.63) is 72.3 Å². The van der Waals surface area contributed by atoms with Gasteiger partial charge in [0.1, 0.15) is 31.3 Å². The fourth-order valence-corrected chi connectivity index (χ4v) is 3.39. The van der Waals surface area contributed by atoms with Crippen LogP contribution >= 0.6 is 0 Å². The lowest BCUT2D eigenvalue weighted by Crippen LogP contribution is -2.17. The number of methoxy groups -OCH3 is 1. The van der Waals surface area contributed by atoms with E-state index in [2.05, 4.69) is 13.2 Å². The normalized spacial score (nSPS) is 11.3. The summed E-state index contributed by atoms with van der Waals surface area (Å²) in [7, 11) is 1.46. The van der Waals surface area contributed by atoms with E-state index >= 15 is 0 Å². The van der Waals surface area contributed by atoms with Crippen LogP contribution in [-0.4, -0.2) is 55.5 Å². The molecule has 34 heavy (non-hydrogen) atoms. The molecule has 0 bridgehead atoms. The van der Waals surface area contributed by atoms with Gasteiger partial charge in [-0.05, 0) is 36.2 Å². The number of carbonyl (C=O) groups excluding carboxylic acids is 1. The van der Waals surface area contributed by atoms with E-state index in [4.69, 9.17) is 24.1 Å². The Balaban J connectivity index is 2.72. The maximum Gasteiger partial charge on any atom is 0.310 e.